The molecule has 1 aromatic carbocycles. The number of ether oxygens (including phenoxy) is 1. The van der Waals surface area contributed by atoms with E-state index in [1.807, 2.05) is 7.05 Å². The Kier molecular flexibility index (Phi) is 4.06. The van der Waals surface area contributed by atoms with Crippen LogP contribution in [0.5, 0.6) is 5.75 Å². The number of hydrogen-bond donors (Lipinski definition) is 3. The maximum atomic E-state index is 12.4. The van der Waals surface area contributed by atoms with Gasteiger partial charge in [-0.05, 0) is 30.8 Å². The summed E-state index contributed by atoms with van der Waals surface area (Å²) in [6.07, 6.45) is 4.18. The molecule has 1 saturated heterocycles. The van der Waals surface area contributed by atoms with Crippen LogP contribution in [0, 0.1) is 0 Å². The molecule has 0 saturated carbocycles. The van der Waals surface area contributed by atoms with Gasteiger partial charge in [-0.25, -0.2) is 5.48 Å². The minimum Gasteiger partial charge on any atom is -0.467 e. The Labute approximate surface area is 133 Å². The van der Waals surface area contributed by atoms with E-state index in [2.05, 4.69) is 10.2 Å². The van der Waals surface area contributed by atoms with Gasteiger partial charge in [0.2, 0.25) is 0 Å². The molecule has 7 heteroatoms. The highest BCUT2D eigenvalue weighted by Gasteiger charge is 2.41. The number of amides is 2. The van der Waals surface area contributed by atoms with E-state index in [1.165, 1.54) is 17.6 Å². The van der Waals surface area contributed by atoms with Crippen molar-refractivity contribution in [2.75, 3.05) is 20.1 Å². The fourth-order valence-corrected chi connectivity index (χ4v) is 2.84. The summed E-state index contributed by atoms with van der Waals surface area (Å²) in [7, 11) is 2.05. The number of carbonyl (C=O) groups excluding carboxylic acids is 2. The van der Waals surface area contributed by atoms with Gasteiger partial charge in [-0.15, -0.1) is 0 Å². The average Bonchev–Trinajstić information content (AvgIpc) is 2.56. The molecule has 122 valence electrons. The van der Waals surface area contributed by atoms with Crippen LogP contribution in [0.4, 0.5) is 0 Å². The van der Waals surface area contributed by atoms with Gasteiger partial charge in [0.25, 0.3) is 11.8 Å². The zero-order chi connectivity index (χ0) is 16.4. The third kappa shape index (κ3) is 3.20. The number of nitrogens with zero attached hydrogens (tertiary/aromatic N) is 1. The van der Waals surface area contributed by atoms with Gasteiger partial charge in [-0.3, -0.25) is 14.8 Å². The number of rotatable bonds is 2. The average molecular weight is 317 g/mol. The molecule has 1 spiro atoms. The summed E-state index contributed by atoms with van der Waals surface area (Å²) in [5.41, 5.74) is 2.01. The highest BCUT2D eigenvalue weighted by atomic mass is 16.5. The lowest BCUT2D eigenvalue weighted by Crippen LogP contribution is -2.60. The lowest BCUT2D eigenvalue weighted by molar-refractivity contribution is -0.124. The van der Waals surface area contributed by atoms with E-state index in [4.69, 9.17) is 9.94 Å². The summed E-state index contributed by atoms with van der Waals surface area (Å²) in [6.45, 7) is 1.74. The van der Waals surface area contributed by atoms with Gasteiger partial charge in [0.05, 0.1) is 5.56 Å². The summed E-state index contributed by atoms with van der Waals surface area (Å²) in [6, 6.07) is 5.17. The maximum absolute atomic E-state index is 12.4. The molecule has 0 aromatic heterocycles. The quantitative estimate of drug-likeness (QED) is 0.425. The van der Waals surface area contributed by atoms with Crippen molar-refractivity contribution in [3.8, 4) is 5.75 Å². The normalized spacial score (nSPS) is 20.0. The van der Waals surface area contributed by atoms with Crippen molar-refractivity contribution in [3.63, 3.8) is 0 Å². The number of benzene rings is 1. The molecule has 3 N–H and O–H groups in total. The number of hydroxylamine groups is 1. The predicted octanol–water partition coefficient (Wildman–Crippen LogP) is 0.749. The van der Waals surface area contributed by atoms with Crippen LogP contribution in [0.2, 0.25) is 0 Å². The summed E-state index contributed by atoms with van der Waals surface area (Å²) in [5.74, 6) is -0.242. The molecule has 0 unspecified atom stereocenters. The third-order valence-corrected chi connectivity index (χ3v) is 4.23. The van der Waals surface area contributed by atoms with E-state index < -0.39 is 11.6 Å². The summed E-state index contributed by atoms with van der Waals surface area (Å²) >= 11 is 0. The van der Waals surface area contributed by atoms with Crippen molar-refractivity contribution in [2.24, 2.45) is 0 Å². The van der Waals surface area contributed by atoms with Gasteiger partial charge < -0.3 is 15.0 Å². The topological polar surface area (TPSA) is 90.9 Å². The second-order valence-corrected chi connectivity index (χ2v) is 5.92. The Morgan fingerprint density at radius 2 is 2.17 bits per heavy atom. The molecule has 2 amide bonds. The van der Waals surface area contributed by atoms with Crippen LogP contribution in [0.25, 0.3) is 6.08 Å². The van der Waals surface area contributed by atoms with E-state index in [1.54, 1.807) is 18.2 Å². The van der Waals surface area contributed by atoms with Crippen molar-refractivity contribution in [3.05, 3.63) is 35.4 Å². The predicted molar refractivity (Wildman–Crippen MR) is 83.0 cm³/mol. The minimum absolute atomic E-state index is 0.169. The van der Waals surface area contributed by atoms with E-state index in [9.17, 15) is 9.59 Å². The van der Waals surface area contributed by atoms with Gasteiger partial charge in [0.1, 0.15) is 5.75 Å². The largest absolute Gasteiger partial charge is 0.467 e. The van der Waals surface area contributed by atoms with E-state index in [-0.39, 0.29) is 5.91 Å². The number of hydrogen-bond acceptors (Lipinski definition) is 5. The van der Waals surface area contributed by atoms with Crippen molar-refractivity contribution < 1.29 is 19.5 Å². The Balaban J connectivity index is 1.82. The summed E-state index contributed by atoms with van der Waals surface area (Å²) < 4.78 is 6.08. The van der Waals surface area contributed by atoms with Crippen LogP contribution < -0.4 is 15.5 Å². The van der Waals surface area contributed by atoms with E-state index in [0.717, 1.165) is 25.9 Å². The first-order chi connectivity index (χ1) is 11.0. The molecular weight excluding hydrogens is 298 g/mol. The molecular formula is C16H19N3O4. The minimum atomic E-state index is -0.631. The lowest BCUT2D eigenvalue weighted by atomic mass is 9.96. The summed E-state index contributed by atoms with van der Waals surface area (Å²) in [4.78, 5) is 25.7. The second-order valence-electron chi connectivity index (χ2n) is 5.92. The smallest absolute Gasteiger partial charge is 0.267 e. The fraction of sp³-hybridized carbons (Fsp3) is 0.375. The highest BCUT2D eigenvalue weighted by Crippen LogP contribution is 2.33. The molecule has 7 nitrogen and oxygen atoms in total. The van der Waals surface area contributed by atoms with Crippen molar-refractivity contribution in [1.82, 2.24) is 15.7 Å². The van der Waals surface area contributed by atoms with Gasteiger partial charge in [-0.2, -0.15) is 0 Å². The molecule has 0 atom stereocenters. The van der Waals surface area contributed by atoms with Crippen molar-refractivity contribution in [1.29, 1.82) is 0 Å². The molecule has 0 aliphatic carbocycles. The van der Waals surface area contributed by atoms with Gasteiger partial charge in [0, 0.05) is 32.0 Å². The first-order valence-corrected chi connectivity index (χ1v) is 7.48. The van der Waals surface area contributed by atoms with Crippen LogP contribution in [-0.4, -0.2) is 47.8 Å². The standard InChI is InChI=1S/C16H19N3O4/c1-19-8-6-16(7-9-19)17-15(21)12-10-11(2-4-13(12)23-16)3-5-14(20)18-22/h2-5,10,22H,6-9H2,1H3,(H,17,21)(H,18,20)/b5-3+. The Morgan fingerprint density at radius 3 is 2.87 bits per heavy atom. The Bertz CT molecular complexity index is 663. The van der Waals surface area contributed by atoms with Crippen LogP contribution in [0.3, 0.4) is 0 Å². The van der Waals surface area contributed by atoms with Crippen LogP contribution in [0.15, 0.2) is 24.3 Å². The van der Waals surface area contributed by atoms with Crippen molar-refractivity contribution >= 4 is 17.9 Å². The molecule has 2 aliphatic rings. The van der Waals surface area contributed by atoms with E-state index >= 15 is 0 Å². The first-order valence-electron chi connectivity index (χ1n) is 7.48. The molecule has 0 radical (unpaired) electrons. The number of piperidine rings is 1. The fourth-order valence-electron chi connectivity index (χ4n) is 2.84. The van der Waals surface area contributed by atoms with Crippen LogP contribution in [0.1, 0.15) is 28.8 Å². The number of likely N-dealkylation sites (tertiary alicyclic amines) is 1. The number of nitrogens with one attached hydrogen (secondary N) is 2. The van der Waals surface area contributed by atoms with Crippen LogP contribution >= 0.6 is 0 Å². The third-order valence-electron chi connectivity index (χ3n) is 4.23. The Hall–Kier alpha value is -2.38. The molecule has 0 bridgehead atoms. The molecule has 2 heterocycles. The zero-order valence-electron chi connectivity index (χ0n) is 12.8. The maximum Gasteiger partial charge on any atom is 0.267 e. The SMILES string of the molecule is CN1CCC2(CC1)NC(=O)c1cc(/C=C/C(=O)NO)ccc1O2. The molecule has 1 fully saturated rings. The molecule has 23 heavy (non-hydrogen) atoms. The number of carbonyl (C=O) groups is 2. The molecule has 1 aromatic rings. The highest BCUT2D eigenvalue weighted by molar-refractivity contribution is 5.99. The zero-order valence-corrected chi connectivity index (χ0v) is 12.8. The molecule has 3 rings (SSSR count). The van der Waals surface area contributed by atoms with Gasteiger partial charge >= 0.3 is 0 Å². The van der Waals surface area contributed by atoms with Crippen LogP contribution in [-0.2, 0) is 4.79 Å². The first kappa shape index (κ1) is 15.5. The molecule has 2 aliphatic heterocycles. The number of fused-ring (bicyclic) bond motifs is 1. The van der Waals surface area contributed by atoms with Gasteiger partial charge in [0.15, 0.2) is 5.72 Å². The Morgan fingerprint density at radius 1 is 1.43 bits per heavy atom. The second kappa shape index (κ2) is 6.02. The van der Waals surface area contributed by atoms with Gasteiger partial charge in [-0.1, -0.05) is 6.07 Å². The lowest BCUT2D eigenvalue weighted by Gasteiger charge is -2.43. The van der Waals surface area contributed by atoms with E-state index in [0.29, 0.717) is 16.9 Å². The van der Waals surface area contributed by atoms with Crippen molar-refractivity contribution in [2.45, 2.75) is 18.6 Å². The monoisotopic (exact) mass is 317 g/mol. The summed E-state index contributed by atoms with van der Waals surface area (Å²) in [5, 5.41) is 11.4.